The number of hydrogen-bond donors (Lipinski definition) is 3. The minimum absolute atomic E-state index is 0.239. The molecule has 0 bridgehead atoms. The molecule has 0 unspecified atom stereocenters. The highest BCUT2D eigenvalue weighted by Crippen LogP contribution is 2.17. The van der Waals surface area contributed by atoms with Gasteiger partial charge in [-0.25, -0.2) is 9.78 Å². The number of carbonyl (C=O) groups is 2. The first kappa shape index (κ1) is 13.0. The maximum atomic E-state index is 11.8. The highest BCUT2D eigenvalue weighted by atomic mass is 32.1. The van der Waals surface area contributed by atoms with Crippen molar-refractivity contribution >= 4 is 29.3 Å². The third-order valence-electron chi connectivity index (χ3n) is 2.12. The SMILES string of the molecule is O=C(O)/C=C/c1ccc(C(=O)NCc2ncn[nH]2)s1. The number of carboxylic acids is 1. The van der Waals surface area contributed by atoms with Gasteiger partial charge in [0.1, 0.15) is 12.2 Å². The highest BCUT2D eigenvalue weighted by Gasteiger charge is 2.08. The van der Waals surface area contributed by atoms with Crippen LogP contribution in [-0.4, -0.2) is 32.2 Å². The number of carbonyl (C=O) groups excluding carboxylic acids is 1. The van der Waals surface area contributed by atoms with Gasteiger partial charge in [0.15, 0.2) is 0 Å². The first-order valence-electron chi connectivity index (χ1n) is 5.28. The first-order chi connectivity index (χ1) is 9.15. The Labute approximate surface area is 112 Å². The zero-order valence-electron chi connectivity index (χ0n) is 9.66. The van der Waals surface area contributed by atoms with Crippen molar-refractivity contribution in [2.45, 2.75) is 6.54 Å². The molecule has 19 heavy (non-hydrogen) atoms. The lowest BCUT2D eigenvalue weighted by molar-refractivity contribution is -0.131. The zero-order chi connectivity index (χ0) is 13.7. The van der Waals surface area contributed by atoms with Crippen molar-refractivity contribution in [3.05, 3.63) is 40.1 Å². The number of hydrogen-bond acceptors (Lipinski definition) is 5. The number of H-pyrrole nitrogens is 1. The molecule has 0 aliphatic heterocycles. The summed E-state index contributed by atoms with van der Waals surface area (Å²) in [4.78, 5) is 27.2. The van der Waals surface area contributed by atoms with E-state index < -0.39 is 5.97 Å². The normalized spacial score (nSPS) is 10.7. The fraction of sp³-hybridized carbons (Fsp3) is 0.0909. The molecule has 1 amide bonds. The lowest BCUT2D eigenvalue weighted by Crippen LogP contribution is -2.22. The van der Waals surface area contributed by atoms with E-state index in [0.717, 1.165) is 6.08 Å². The fourth-order valence-electron chi connectivity index (χ4n) is 1.28. The van der Waals surface area contributed by atoms with Crippen LogP contribution in [0.3, 0.4) is 0 Å². The molecule has 0 aliphatic carbocycles. The summed E-state index contributed by atoms with van der Waals surface area (Å²) < 4.78 is 0. The van der Waals surface area contributed by atoms with Crippen LogP contribution in [0, 0.1) is 0 Å². The smallest absolute Gasteiger partial charge is 0.328 e. The van der Waals surface area contributed by atoms with Crippen molar-refractivity contribution in [1.29, 1.82) is 0 Å². The summed E-state index contributed by atoms with van der Waals surface area (Å²) in [6.07, 6.45) is 3.84. The van der Waals surface area contributed by atoms with Crippen LogP contribution in [0.4, 0.5) is 0 Å². The molecule has 0 saturated heterocycles. The van der Waals surface area contributed by atoms with Crippen molar-refractivity contribution in [3.8, 4) is 0 Å². The number of carboxylic acid groups (broad SMARTS) is 1. The lowest BCUT2D eigenvalue weighted by atomic mass is 10.4. The van der Waals surface area contributed by atoms with Gasteiger partial charge in [-0.1, -0.05) is 0 Å². The number of aromatic nitrogens is 3. The van der Waals surface area contributed by atoms with Crippen LogP contribution in [0.5, 0.6) is 0 Å². The molecular weight excluding hydrogens is 268 g/mol. The number of thiophene rings is 1. The van der Waals surface area contributed by atoms with Gasteiger partial charge in [-0.2, -0.15) is 5.10 Å². The Morgan fingerprint density at radius 2 is 2.32 bits per heavy atom. The summed E-state index contributed by atoms with van der Waals surface area (Å²) in [5.74, 6) is -0.697. The standard InChI is InChI=1S/C11H10N4O3S/c16-10(17)4-2-7-1-3-8(19-7)11(18)12-5-9-13-6-14-15-9/h1-4,6H,5H2,(H,12,18)(H,16,17)(H,13,14,15)/b4-2+. The van der Waals surface area contributed by atoms with Gasteiger partial charge in [0, 0.05) is 11.0 Å². The van der Waals surface area contributed by atoms with E-state index in [1.165, 1.54) is 23.7 Å². The maximum Gasteiger partial charge on any atom is 0.328 e. The Morgan fingerprint density at radius 1 is 1.47 bits per heavy atom. The summed E-state index contributed by atoms with van der Waals surface area (Å²) in [7, 11) is 0. The number of aliphatic carboxylic acids is 1. The molecule has 2 rings (SSSR count). The molecule has 0 aromatic carbocycles. The highest BCUT2D eigenvalue weighted by molar-refractivity contribution is 7.14. The Bertz CT molecular complexity index is 603. The second-order valence-corrected chi connectivity index (χ2v) is 4.60. The maximum absolute atomic E-state index is 11.8. The Morgan fingerprint density at radius 3 is 3.00 bits per heavy atom. The van der Waals surface area contributed by atoms with E-state index in [1.807, 2.05) is 0 Å². The molecule has 3 N–H and O–H groups in total. The number of aromatic amines is 1. The molecule has 0 spiro atoms. The second kappa shape index (κ2) is 5.91. The Balaban J connectivity index is 1.94. The topological polar surface area (TPSA) is 108 Å². The predicted octanol–water partition coefficient (Wildman–Crippen LogP) is 0.894. The van der Waals surface area contributed by atoms with E-state index >= 15 is 0 Å². The van der Waals surface area contributed by atoms with E-state index in [2.05, 4.69) is 20.5 Å². The molecule has 98 valence electrons. The fourth-order valence-corrected chi connectivity index (χ4v) is 2.11. The average molecular weight is 278 g/mol. The molecule has 0 atom stereocenters. The molecule has 0 aliphatic rings. The van der Waals surface area contributed by atoms with Crippen molar-refractivity contribution in [1.82, 2.24) is 20.5 Å². The largest absolute Gasteiger partial charge is 0.478 e. The van der Waals surface area contributed by atoms with Crippen LogP contribution in [0.25, 0.3) is 6.08 Å². The quantitative estimate of drug-likeness (QED) is 0.704. The van der Waals surface area contributed by atoms with Gasteiger partial charge in [-0.15, -0.1) is 11.3 Å². The molecule has 0 saturated carbocycles. The number of rotatable bonds is 5. The zero-order valence-corrected chi connectivity index (χ0v) is 10.5. The van der Waals surface area contributed by atoms with E-state index in [1.54, 1.807) is 12.1 Å². The monoisotopic (exact) mass is 278 g/mol. The molecule has 8 heteroatoms. The van der Waals surface area contributed by atoms with Gasteiger partial charge < -0.3 is 10.4 Å². The summed E-state index contributed by atoms with van der Waals surface area (Å²) in [5.41, 5.74) is 0. The van der Waals surface area contributed by atoms with E-state index in [-0.39, 0.29) is 12.5 Å². The van der Waals surface area contributed by atoms with Crippen LogP contribution < -0.4 is 5.32 Å². The molecule has 7 nitrogen and oxygen atoms in total. The van der Waals surface area contributed by atoms with Gasteiger partial charge >= 0.3 is 5.97 Å². The number of nitrogens with one attached hydrogen (secondary N) is 2. The molecule has 2 aromatic heterocycles. The van der Waals surface area contributed by atoms with Crippen LogP contribution in [-0.2, 0) is 11.3 Å². The second-order valence-electron chi connectivity index (χ2n) is 3.49. The third-order valence-corrected chi connectivity index (χ3v) is 3.17. The van der Waals surface area contributed by atoms with Crippen molar-refractivity contribution in [2.75, 3.05) is 0 Å². The van der Waals surface area contributed by atoms with Gasteiger partial charge in [-0.05, 0) is 18.2 Å². The molecular formula is C11H10N4O3S. The van der Waals surface area contributed by atoms with Gasteiger partial charge in [0.05, 0.1) is 11.4 Å². The molecule has 2 aromatic rings. The first-order valence-corrected chi connectivity index (χ1v) is 6.10. The third kappa shape index (κ3) is 3.75. The van der Waals surface area contributed by atoms with E-state index in [9.17, 15) is 9.59 Å². The minimum atomic E-state index is -1.02. The van der Waals surface area contributed by atoms with Gasteiger partial charge in [0.2, 0.25) is 0 Å². The summed E-state index contributed by atoms with van der Waals surface area (Å²) in [6.45, 7) is 0.261. The predicted molar refractivity (Wildman–Crippen MR) is 68.5 cm³/mol. The lowest BCUT2D eigenvalue weighted by Gasteiger charge is -1.99. The number of amides is 1. The average Bonchev–Trinajstić information content (AvgIpc) is 3.04. The number of nitrogens with zero attached hydrogens (tertiary/aromatic N) is 2. The Hall–Kier alpha value is -2.48. The van der Waals surface area contributed by atoms with E-state index in [0.29, 0.717) is 15.6 Å². The van der Waals surface area contributed by atoms with Crippen molar-refractivity contribution in [2.24, 2.45) is 0 Å². The van der Waals surface area contributed by atoms with Crippen LogP contribution in [0.2, 0.25) is 0 Å². The summed E-state index contributed by atoms with van der Waals surface area (Å²) >= 11 is 1.21. The van der Waals surface area contributed by atoms with Crippen molar-refractivity contribution in [3.63, 3.8) is 0 Å². The van der Waals surface area contributed by atoms with E-state index in [4.69, 9.17) is 5.11 Å². The summed E-state index contributed by atoms with van der Waals surface area (Å²) in [6, 6.07) is 3.33. The van der Waals surface area contributed by atoms with Gasteiger partial charge in [0.25, 0.3) is 5.91 Å². The molecule has 0 radical (unpaired) electrons. The van der Waals surface area contributed by atoms with Crippen LogP contribution >= 0.6 is 11.3 Å². The Kier molecular flexibility index (Phi) is 4.04. The molecule has 0 fully saturated rings. The van der Waals surface area contributed by atoms with Crippen LogP contribution in [0.1, 0.15) is 20.4 Å². The summed E-state index contributed by atoms with van der Waals surface area (Å²) in [5, 5.41) is 17.5. The van der Waals surface area contributed by atoms with Gasteiger partial charge in [-0.3, -0.25) is 9.89 Å². The van der Waals surface area contributed by atoms with Crippen molar-refractivity contribution < 1.29 is 14.7 Å². The minimum Gasteiger partial charge on any atom is -0.478 e. The molecule has 2 heterocycles. The van der Waals surface area contributed by atoms with Crippen LogP contribution in [0.15, 0.2) is 24.5 Å².